The van der Waals surface area contributed by atoms with Gasteiger partial charge in [0.25, 0.3) is 5.69 Å². The number of carbonyl (C=O) groups excluding carboxylic acids is 1. The second-order valence-corrected chi connectivity index (χ2v) is 3.20. The Balaban J connectivity index is 2.57. The van der Waals surface area contributed by atoms with Gasteiger partial charge in [-0.15, -0.1) is 11.6 Å². The van der Waals surface area contributed by atoms with Crippen LogP contribution in [0.25, 0.3) is 0 Å². The molecular formula is C10H9ClNO3. The Morgan fingerprint density at radius 3 is 2.47 bits per heavy atom. The lowest BCUT2D eigenvalue weighted by Gasteiger charge is -1.98. The molecule has 4 nitrogen and oxygen atoms in total. The maximum absolute atomic E-state index is 10.9. The average Bonchev–Trinajstić information content (AvgIpc) is 2.26. The van der Waals surface area contributed by atoms with Gasteiger partial charge in [0.2, 0.25) is 0 Å². The fourth-order valence-electron chi connectivity index (χ4n) is 1.04. The molecule has 1 radical (unpaired) electrons. The van der Waals surface area contributed by atoms with Crippen molar-refractivity contribution < 1.29 is 9.72 Å². The number of nitrogens with zero attached hydrogens (tertiary/aromatic N) is 1. The first-order valence-corrected chi connectivity index (χ1v) is 4.82. The van der Waals surface area contributed by atoms with Crippen LogP contribution in [0, 0.1) is 16.5 Å². The first-order valence-electron chi connectivity index (χ1n) is 4.29. The molecule has 0 bridgehead atoms. The van der Waals surface area contributed by atoms with E-state index in [1.807, 2.05) is 0 Å². The number of ketones is 1. The number of alkyl halides is 1. The summed E-state index contributed by atoms with van der Waals surface area (Å²) < 4.78 is 0. The molecule has 0 fully saturated rings. The highest BCUT2D eigenvalue weighted by Gasteiger charge is 2.05. The van der Waals surface area contributed by atoms with E-state index in [1.54, 1.807) is 12.1 Å². The van der Waals surface area contributed by atoms with Crippen molar-refractivity contribution in [2.75, 3.05) is 5.88 Å². The van der Waals surface area contributed by atoms with Crippen molar-refractivity contribution in [2.24, 2.45) is 0 Å². The van der Waals surface area contributed by atoms with Crippen LogP contribution in [-0.4, -0.2) is 16.6 Å². The van der Waals surface area contributed by atoms with Crippen LogP contribution < -0.4 is 0 Å². The number of rotatable bonds is 5. The Morgan fingerprint density at radius 2 is 2.00 bits per heavy atom. The van der Waals surface area contributed by atoms with Crippen LogP contribution in [0.2, 0.25) is 0 Å². The Hall–Kier alpha value is -1.42. The van der Waals surface area contributed by atoms with Gasteiger partial charge >= 0.3 is 0 Å². The van der Waals surface area contributed by atoms with Crippen LogP contribution in [0.3, 0.4) is 0 Å². The minimum absolute atomic E-state index is 0.0347. The summed E-state index contributed by atoms with van der Waals surface area (Å²) in [6.45, 7) is 0. The molecule has 5 heteroatoms. The summed E-state index contributed by atoms with van der Waals surface area (Å²) in [5.41, 5.74) is 0.890. The van der Waals surface area contributed by atoms with Crippen molar-refractivity contribution in [3.63, 3.8) is 0 Å². The minimum atomic E-state index is -0.461. The van der Waals surface area contributed by atoms with Crippen LogP contribution in [-0.2, 0) is 11.2 Å². The molecule has 1 rings (SSSR count). The molecule has 0 heterocycles. The SMILES string of the molecule is O=C([CH]Cc1ccc([N+](=O)[O-])cc1)CCl. The molecule has 0 N–H and O–H groups in total. The lowest BCUT2D eigenvalue weighted by molar-refractivity contribution is -0.384. The molecule has 0 saturated carbocycles. The van der Waals surface area contributed by atoms with Crippen molar-refractivity contribution in [3.05, 3.63) is 46.4 Å². The van der Waals surface area contributed by atoms with E-state index in [-0.39, 0.29) is 17.4 Å². The molecule has 79 valence electrons. The normalized spacial score (nSPS) is 9.93. The van der Waals surface area contributed by atoms with Gasteiger partial charge in [-0.2, -0.15) is 0 Å². The molecule has 0 aliphatic heterocycles. The first-order chi connectivity index (χ1) is 7.13. The summed E-state index contributed by atoms with van der Waals surface area (Å²) in [6.07, 6.45) is 1.91. The second-order valence-electron chi connectivity index (χ2n) is 2.93. The molecule has 0 aromatic heterocycles. The van der Waals surface area contributed by atoms with E-state index in [2.05, 4.69) is 0 Å². The third kappa shape index (κ3) is 3.67. The third-order valence-electron chi connectivity index (χ3n) is 1.84. The Bertz CT molecular complexity index is 361. The molecule has 0 saturated heterocycles. The van der Waals surface area contributed by atoms with Gasteiger partial charge in [0.15, 0.2) is 5.78 Å². The first kappa shape index (κ1) is 11.7. The molecule has 0 aliphatic rings. The highest BCUT2D eigenvalue weighted by molar-refractivity contribution is 6.28. The van der Waals surface area contributed by atoms with Gasteiger partial charge in [-0.1, -0.05) is 12.1 Å². The molecule has 1 aromatic rings. The molecular weight excluding hydrogens is 218 g/mol. The maximum atomic E-state index is 10.9. The number of hydrogen-bond acceptors (Lipinski definition) is 3. The fourth-order valence-corrected chi connectivity index (χ4v) is 1.15. The number of nitro benzene ring substituents is 1. The summed E-state index contributed by atoms with van der Waals surface area (Å²) in [5.74, 6) is -0.178. The van der Waals surface area contributed by atoms with Crippen LogP contribution in [0.5, 0.6) is 0 Å². The second kappa shape index (κ2) is 5.46. The summed E-state index contributed by atoms with van der Waals surface area (Å²) in [5, 5.41) is 10.4. The van der Waals surface area contributed by atoms with Crippen molar-refractivity contribution in [2.45, 2.75) is 6.42 Å². The minimum Gasteiger partial charge on any atom is -0.298 e. The van der Waals surface area contributed by atoms with Crippen molar-refractivity contribution >= 4 is 23.1 Å². The molecule has 0 amide bonds. The Kier molecular flexibility index (Phi) is 4.24. The van der Waals surface area contributed by atoms with Crippen molar-refractivity contribution in [1.82, 2.24) is 0 Å². The van der Waals surface area contributed by atoms with Crippen LogP contribution in [0.1, 0.15) is 5.56 Å². The van der Waals surface area contributed by atoms with E-state index in [9.17, 15) is 14.9 Å². The molecule has 0 unspecified atom stereocenters. The van der Waals surface area contributed by atoms with Gasteiger partial charge in [-0.25, -0.2) is 0 Å². The summed E-state index contributed by atoms with van der Waals surface area (Å²) in [4.78, 5) is 20.8. The van der Waals surface area contributed by atoms with Crippen LogP contribution in [0.15, 0.2) is 24.3 Å². The highest BCUT2D eigenvalue weighted by atomic mass is 35.5. The van der Waals surface area contributed by atoms with E-state index in [0.717, 1.165) is 5.56 Å². The summed E-state index contributed by atoms with van der Waals surface area (Å²) in [7, 11) is 0. The fraction of sp³-hybridized carbons (Fsp3) is 0.200. The van der Waals surface area contributed by atoms with Gasteiger partial charge in [0.1, 0.15) is 0 Å². The van der Waals surface area contributed by atoms with Gasteiger partial charge < -0.3 is 0 Å². The number of benzene rings is 1. The van der Waals surface area contributed by atoms with Crippen molar-refractivity contribution in [3.8, 4) is 0 Å². The summed E-state index contributed by atoms with van der Waals surface area (Å²) in [6, 6.07) is 6.06. The molecule has 0 atom stereocenters. The topological polar surface area (TPSA) is 60.2 Å². The number of hydrogen-bond donors (Lipinski definition) is 0. The largest absolute Gasteiger partial charge is 0.298 e. The number of non-ortho nitro benzene ring substituents is 1. The number of nitro groups is 1. The third-order valence-corrected chi connectivity index (χ3v) is 2.11. The number of carbonyl (C=O) groups is 1. The summed E-state index contributed by atoms with van der Waals surface area (Å²) >= 11 is 5.31. The molecule has 1 aromatic carbocycles. The van der Waals surface area contributed by atoms with E-state index in [1.165, 1.54) is 18.6 Å². The van der Waals surface area contributed by atoms with Gasteiger partial charge in [0, 0.05) is 18.6 Å². The standard InChI is InChI=1S/C10H9ClNO3/c11-7-10(13)6-3-8-1-4-9(5-2-8)12(14)15/h1-2,4-6H,3,7H2. The monoisotopic (exact) mass is 226 g/mol. The zero-order valence-electron chi connectivity index (χ0n) is 7.85. The predicted molar refractivity (Wildman–Crippen MR) is 56.8 cm³/mol. The number of halogens is 1. The lowest BCUT2D eigenvalue weighted by atomic mass is 10.1. The van der Waals surface area contributed by atoms with Crippen LogP contribution >= 0.6 is 11.6 Å². The molecule has 0 spiro atoms. The quantitative estimate of drug-likeness (QED) is 0.439. The van der Waals surface area contributed by atoms with Gasteiger partial charge in [0.05, 0.1) is 10.8 Å². The zero-order chi connectivity index (χ0) is 11.3. The Morgan fingerprint density at radius 1 is 1.40 bits per heavy atom. The predicted octanol–water partition coefficient (Wildman–Crippen LogP) is 2.15. The number of Topliss-reactive ketones (excluding diaryl/α,β-unsaturated/α-hetero) is 1. The van der Waals surface area contributed by atoms with E-state index < -0.39 is 4.92 Å². The van der Waals surface area contributed by atoms with E-state index in [0.29, 0.717) is 6.42 Å². The van der Waals surface area contributed by atoms with E-state index >= 15 is 0 Å². The Labute approximate surface area is 92.0 Å². The average molecular weight is 227 g/mol. The maximum Gasteiger partial charge on any atom is 0.269 e. The molecule has 15 heavy (non-hydrogen) atoms. The zero-order valence-corrected chi connectivity index (χ0v) is 8.61. The lowest BCUT2D eigenvalue weighted by Crippen LogP contribution is -2.02. The van der Waals surface area contributed by atoms with E-state index in [4.69, 9.17) is 11.6 Å². The highest BCUT2D eigenvalue weighted by Crippen LogP contribution is 2.12. The van der Waals surface area contributed by atoms with Crippen molar-refractivity contribution in [1.29, 1.82) is 0 Å². The smallest absolute Gasteiger partial charge is 0.269 e. The van der Waals surface area contributed by atoms with Gasteiger partial charge in [-0.05, 0) is 12.0 Å². The molecule has 0 aliphatic carbocycles. The van der Waals surface area contributed by atoms with Gasteiger partial charge in [-0.3, -0.25) is 14.9 Å². The van der Waals surface area contributed by atoms with Crippen LogP contribution in [0.4, 0.5) is 5.69 Å².